The van der Waals surface area contributed by atoms with Crippen molar-refractivity contribution in [1.29, 1.82) is 0 Å². The average molecular weight is 298 g/mol. The van der Waals surface area contributed by atoms with Crippen LogP contribution in [0.5, 0.6) is 0 Å². The van der Waals surface area contributed by atoms with Gasteiger partial charge in [0.25, 0.3) is 0 Å². The van der Waals surface area contributed by atoms with Crippen LogP contribution in [-0.2, 0) is 5.75 Å². The third kappa shape index (κ3) is 3.32. The number of nitrogens with zero attached hydrogens (tertiary/aromatic N) is 4. The molecule has 7 heteroatoms. The smallest absolute Gasteiger partial charge is 0.191 e. The molecular weight excluding hydrogens is 284 g/mol. The number of hydrogen-bond donors (Lipinski definition) is 2. The highest BCUT2D eigenvalue weighted by Crippen LogP contribution is 2.21. The minimum absolute atomic E-state index is 0.380. The molecule has 0 bridgehead atoms. The molecule has 21 heavy (non-hydrogen) atoms. The number of nitrogen functional groups attached to an aromatic ring is 2. The first-order valence-corrected chi connectivity index (χ1v) is 7.31. The van der Waals surface area contributed by atoms with Crippen molar-refractivity contribution in [3.05, 3.63) is 54.4 Å². The van der Waals surface area contributed by atoms with Gasteiger partial charge in [0.2, 0.25) is 0 Å². The van der Waals surface area contributed by atoms with E-state index < -0.39 is 0 Å². The quantitative estimate of drug-likeness (QED) is 0.566. The fourth-order valence-corrected chi connectivity index (χ4v) is 2.62. The third-order valence-corrected chi connectivity index (χ3v) is 3.69. The van der Waals surface area contributed by atoms with E-state index >= 15 is 0 Å². The van der Waals surface area contributed by atoms with Crippen molar-refractivity contribution in [2.75, 3.05) is 11.5 Å². The summed E-state index contributed by atoms with van der Waals surface area (Å²) in [5.74, 6) is 1.46. The van der Waals surface area contributed by atoms with E-state index in [1.807, 2.05) is 47.4 Å². The lowest BCUT2D eigenvalue weighted by molar-refractivity contribution is 0.880. The van der Waals surface area contributed by atoms with Crippen LogP contribution < -0.4 is 11.5 Å². The van der Waals surface area contributed by atoms with Crippen LogP contribution in [0, 0.1) is 0 Å². The largest absolute Gasteiger partial charge is 0.383 e. The normalized spacial score (nSPS) is 10.7. The second kappa shape index (κ2) is 5.84. The van der Waals surface area contributed by atoms with E-state index in [-0.39, 0.29) is 0 Å². The lowest BCUT2D eigenvalue weighted by atomic mass is 10.3. The zero-order chi connectivity index (χ0) is 14.7. The van der Waals surface area contributed by atoms with Gasteiger partial charge < -0.3 is 11.5 Å². The Morgan fingerprint density at radius 3 is 2.48 bits per heavy atom. The van der Waals surface area contributed by atoms with Crippen LogP contribution in [-0.4, -0.2) is 19.7 Å². The molecule has 0 aliphatic carbocycles. The Morgan fingerprint density at radius 1 is 1.05 bits per heavy atom. The van der Waals surface area contributed by atoms with Crippen molar-refractivity contribution in [2.45, 2.75) is 10.9 Å². The van der Waals surface area contributed by atoms with Crippen LogP contribution in [0.2, 0.25) is 0 Å². The van der Waals surface area contributed by atoms with Crippen molar-refractivity contribution >= 4 is 23.4 Å². The van der Waals surface area contributed by atoms with Gasteiger partial charge in [0.15, 0.2) is 5.16 Å². The SMILES string of the molecule is Nc1cc(N)nc(SCc2cnn(-c3ccccc3)c2)n1. The number of thioether (sulfide) groups is 1. The number of benzene rings is 1. The second-order valence-corrected chi connectivity index (χ2v) is 5.36. The summed E-state index contributed by atoms with van der Waals surface area (Å²) in [5, 5.41) is 4.92. The highest BCUT2D eigenvalue weighted by atomic mass is 32.2. The van der Waals surface area contributed by atoms with E-state index in [0.29, 0.717) is 22.5 Å². The van der Waals surface area contributed by atoms with Crippen molar-refractivity contribution in [3.63, 3.8) is 0 Å². The van der Waals surface area contributed by atoms with Gasteiger partial charge in [-0.3, -0.25) is 0 Å². The monoisotopic (exact) mass is 298 g/mol. The molecule has 1 aromatic carbocycles. The summed E-state index contributed by atoms with van der Waals surface area (Å²) in [6.45, 7) is 0. The molecule has 106 valence electrons. The maximum Gasteiger partial charge on any atom is 0.191 e. The summed E-state index contributed by atoms with van der Waals surface area (Å²) in [5.41, 5.74) is 13.4. The Bertz CT molecular complexity index is 720. The molecule has 3 aromatic rings. The van der Waals surface area contributed by atoms with Crippen LogP contribution in [0.1, 0.15) is 5.56 Å². The van der Waals surface area contributed by atoms with Gasteiger partial charge in [0.1, 0.15) is 11.6 Å². The molecule has 0 unspecified atom stereocenters. The van der Waals surface area contributed by atoms with Gasteiger partial charge in [-0.2, -0.15) is 5.10 Å². The lowest BCUT2D eigenvalue weighted by Crippen LogP contribution is -1.99. The molecular formula is C14H14N6S. The number of rotatable bonds is 4. The summed E-state index contributed by atoms with van der Waals surface area (Å²) in [7, 11) is 0. The van der Waals surface area contributed by atoms with Gasteiger partial charge in [0, 0.05) is 23.6 Å². The first-order chi connectivity index (χ1) is 10.2. The molecule has 0 saturated heterocycles. The number of para-hydroxylation sites is 1. The predicted molar refractivity (Wildman–Crippen MR) is 84.0 cm³/mol. The van der Waals surface area contributed by atoms with Crippen molar-refractivity contribution in [1.82, 2.24) is 19.7 Å². The van der Waals surface area contributed by atoms with Gasteiger partial charge in [0.05, 0.1) is 11.9 Å². The fourth-order valence-electron chi connectivity index (χ4n) is 1.83. The molecule has 0 fully saturated rings. The van der Waals surface area contributed by atoms with Crippen LogP contribution in [0.25, 0.3) is 5.69 Å². The van der Waals surface area contributed by atoms with Crippen LogP contribution in [0.4, 0.5) is 11.6 Å². The fraction of sp³-hybridized carbons (Fsp3) is 0.0714. The molecule has 4 N–H and O–H groups in total. The highest BCUT2D eigenvalue weighted by molar-refractivity contribution is 7.98. The Kier molecular flexibility index (Phi) is 3.74. The molecule has 0 radical (unpaired) electrons. The summed E-state index contributed by atoms with van der Waals surface area (Å²) in [6.07, 6.45) is 3.81. The van der Waals surface area contributed by atoms with E-state index in [4.69, 9.17) is 11.5 Å². The first kappa shape index (κ1) is 13.4. The molecule has 0 saturated carbocycles. The average Bonchev–Trinajstić information content (AvgIpc) is 2.94. The third-order valence-electron chi connectivity index (χ3n) is 2.77. The number of hydrogen-bond acceptors (Lipinski definition) is 6. The van der Waals surface area contributed by atoms with Crippen LogP contribution in [0.3, 0.4) is 0 Å². The van der Waals surface area contributed by atoms with Crippen LogP contribution >= 0.6 is 11.8 Å². The topological polar surface area (TPSA) is 95.6 Å². The van der Waals surface area contributed by atoms with E-state index in [1.165, 1.54) is 17.8 Å². The zero-order valence-electron chi connectivity index (χ0n) is 11.2. The first-order valence-electron chi connectivity index (χ1n) is 6.32. The Balaban J connectivity index is 1.70. The zero-order valence-corrected chi connectivity index (χ0v) is 12.0. The van der Waals surface area contributed by atoms with Gasteiger partial charge >= 0.3 is 0 Å². The highest BCUT2D eigenvalue weighted by Gasteiger charge is 2.05. The molecule has 2 heterocycles. The Morgan fingerprint density at radius 2 is 1.76 bits per heavy atom. The van der Waals surface area contributed by atoms with E-state index in [0.717, 1.165) is 11.3 Å². The van der Waals surface area contributed by atoms with Crippen molar-refractivity contribution in [2.24, 2.45) is 0 Å². The lowest BCUT2D eigenvalue weighted by Gasteiger charge is -2.01. The molecule has 0 aliphatic rings. The predicted octanol–water partition coefficient (Wildman–Crippen LogP) is 2.12. The van der Waals surface area contributed by atoms with Gasteiger partial charge in [-0.05, 0) is 12.1 Å². The minimum Gasteiger partial charge on any atom is -0.383 e. The molecule has 2 aromatic heterocycles. The summed E-state index contributed by atoms with van der Waals surface area (Å²) in [6, 6.07) is 11.5. The molecule has 0 atom stereocenters. The number of aromatic nitrogens is 4. The summed E-state index contributed by atoms with van der Waals surface area (Å²) in [4.78, 5) is 8.27. The van der Waals surface area contributed by atoms with E-state index in [9.17, 15) is 0 Å². The number of nitrogens with two attached hydrogens (primary N) is 2. The van der Waals surface area contributed by atoms with Gasteiger partial charge in [-0.1, -0.05) is 30.0 Å². The van der Waals surface area contributed by atoms with Gasteiger partial charge in [-0.15, -0.1) is 0 Å². The molecule has 0 amide bonds. The van der Waals surface area contributed by atoms with Crippen molar-refractivity contribution in [3.8, 4) is 5.69 Å². The molecule has 0 spiro atoms. The molecule has 6 nitrogen and oxygen atoms in total. The molecule has 3 rings (SSSR count). The second-order valence-electron chi connectivity index (χ2n) is 4.42. The van der Waals surface area contributed by atoms with Crippen LogP contribution in [0.15, 0.2) is 53.9 Å². The van der Waals surface area contributed by atoms with E-state index in [2.05, 4.69) is 15.1 Å². The van der Waals surface area contributed by atoms with Crippen molar-refractivity contribution < 1.29 is 0 Å². The van der Waals surface area contributed by atoms with E-state index in [1.54, 1.807) is 0 Å². The summed E-state index contributed by atoms with van der Waals surface area (Å²) < 4.78 is 1.84. The standard InChI is InChI=1S/C14H14N6S/c15-12-6-13(16)19-14(18-12)21-9-10-7-17-20(8-10)11-4-2-1-3-5-11/h1-8H,9H2,(H4,15,16,18,19). The Hall–Kier alpha value is -2.54. The molecule has 0 aliphatic heterocycles. The summed E-state index contributed by atoms with van der Waals surface area (Å²) >= 11 is 1.47. The number of anilines is 2. The maximum absolute atomic E-state index is 5.65. The van der Waals surface area contributed by atoms with Gasteiger partial charge in [-0.25, -0.2) is 14.6 Å². The maximum atomic E-state index is 5.65. The minimum atomic E-state index is 0.380. The Labute approximate surface area is 126 Å².